The quantitative estimate of drug-likeness (QED) is 0.515. The van der Waals surface area contributed by atoms with Gasteiger partial charge in [-0.15, -0.1) is 6.58 Å². The van der Waals surface area contributed by atoms with Crippen molar-refractivity contribution < 1.29 is 0 Å². The first kappa shape index (κ1) is 9.55. The molecule has 1 aromatic rings. The van der Waals surface area contributed by atoms with Crippen molar-refractivity contribution in [2.45, 2.75) is 13.0 Å². The van der Waals surface area contributed by atoms with E-state index in [2.05, 4.69) is 25.6 Å². The summed E-state index contributed by atoms with van der Waals surface area (Å²) >= 11 is 6.45. The molecule has 1 atom stereocenters. The maximum atomic E-state index is 6.45. The van der Waals surface area contributed by atoms with Crippen molar-refractivity contribution in [2.24, 2.45) is 0 Å². The van der Waals surface area contributed by atoms with Gasteiger partial charge in [0, 0.05) is 0 Å². The van der Waals surface area contributed by atoms with Gasteiger partial charge < -0.3 is 0 Å². The van der Waals surface area contributed by atoms with Gasteiger partial charge in [-0.05, 0) is 11.2 Å². The van der Waals surface area contributed by atoms with E-state index in [1.165, 1.54) is 5.19 Å². The van der Waals surface area contributed by atoms with Crippen LogP contribution in [0, 0.1) is 0 Å². The first-order valence-corrected chi connectivity index (χ1v) is 7.40. The number of hydrogen-bond donors (Lipinski definition) is 0. The van der Waals surface area contributed by atoms with Crippen molar-refractivity contribution in [3.8, 4) is 0 Å². The molecule has 0 N–H and O–H groups in total. The van der Waals surface area contributed by atoms with Crippen LogP contribution in [-0.2, 0) is 0 Å². The third-order valence-electron chi connectivity index (χ3n) is 2.09. The van der Waals surface area contributed by atoms with Crippen LogP contribution in [0.5, 0.6) is 0 Å². The zero-order valence-electron chi connectivity index (χ0n) is 7.26. The number of hydrogen-bond acceptors (Lipinski definition) is 0. The Kier molecular flexibility index (Phi) is 3.12. The average molecular weight is 197 g/mol. The molecule has 1 aromatic carbocycles. The fourth-order valence-corrected chi connectivity index (χ4v) is 3.24. The molecule has 0 nitrogen and oxygen atoms in total. The van der Waals surface area contributed by atoms with Crippen molar-refractivity contribution in [3.63, 3.8) is 0 Å². The number of halogens is 1. The molecule has 1 unspecified atom stereocenters. The normalized spacial score (nSPS) is 15.2. The molecule has 0 saturated carbocycles. The lowest BCUT2D eigenvalue weighted by Gasteiger charge is -2.17. The molecule has 0 aliphatic carbocycles. The minimum Gasteiger partial charge on any atom is -0.155 e. The third kappa shape index (κ3) is 1.79. The summed E-state index contributed by atoms with van der Waals surface area (Å²) in [5.41, 5.74) is 1.93. The van der Waals surface area contributed by atoms with Gasteiger partial charge in [0.05, 0.1) is 0 Å². The van der Waals surface area contributed by atoms with E-state index >= 15 is 0 Å². The third-order valence-corrected chi connectivity index (χ3v) is 6.98. The highest BCUT2D eigenvalue weighted by Crippen LogP contribution is 2.15. The molecule has 0 spiro atoms. The average Bonchev–Trinajstić information content (AvgIpc) is 2.18. The van der Waals surface area contributed by atoms with Crippen LogP contribution in [-0.4, -0.2) is 7.38 Å². The molecule has 1 rings (SSSR count). The Labute approximate surface area is 79.6 Å². The van der Waals surface area contributed by atoms with Crippen LogP contribution >= 0.6 is 11.1 Å². The second-order valence-corrected chi connectivity index (χ2v) is 8.23. The highest BCUT2D eigenvalue weighted by Gasteiger charge is 2.26. The van der Waals surface area contributed by atoms with Crippen LogP contribution in [0.25, 0.3) is 0 Å². The van der Waals surface area contributed by atoms with Gasteiger partial charge in [-0.1, -0.05) is 43.0 Å². The van der Waals surface area contributed by atoms with Crippen LogP contribution in [0.3, 0.4) is 0 Å². The van der Waals surface area contributed by atoms with E-state index in [9.17, 15) is 0 Å². The van der Waals surface area contributed by atoms with Crippen LogP contribution in [0.15, 0.2) is 42.6 Å². The van der Waals surface area contributed by atoms with Gasteiger partial charge >= 0.3 is 0 Å². The molecular weight excluding hydrogens is 184 g/mol. The summed E-state index contributed by atoms with van der Waals surface area (Å²) in [7, 11) is -1.84. The predicted octanol–water partition coefficient (Wildman–Crippen LogP) is 2.82. The highest BCUT2D eigenvalue weighted by molar-refractivity contribution is 7.30. The largest absolute Gasteiger partial charge is 0.209 e. The van der Waals surface area contributed by atoms with Crippen molar-refractivity contribution >= 4 is 23.6 Å². The smallest absolute Gasteiger partial charge is 0.155 e. The molecule has 64 valence electrons. The Hall–Kier alpha value is -0.533. The lowest BCUT2D eigenvalue weighted by molar-refractivity contribution is 1.43. The van der Waals surface area contributed by atoms with Crippen LogP contribution in [0.1, 0.15) is 6.92 Å². The minimum absolute atomic E-state index is 1.00. The molecular formula is C10H13ClSi. The molecule has 0 fully saturated rings. The highest BCUT2D eigenvalue weighted by atomic mass is 35.6. The second-order valence-electron chi connectivity index (χ2n) is 2.79. The van der Waals surface area contributed by atoms with Crippen molar-refractivity contribution in [3.05, 3.63) is 42.6 Å². The number of rotatable bonds is 3. The van der Waals surface area contributed by atoms with Gasteiger partial charge in [0.1, 0.15) is 0 Å². The molecule has 12 heavy (non-hydrogen) atoms. The van der Waals surface area contributed by atoms with Crippen molar-refractivity contribution in [1.29, 1.82) is 0 Å². The molecule has 0 aromatic heterocycles. The molecule has 0 saturated heterocycles. The lowest BCUT2D eigenvalue weighted by Crippen LogP contribution is -2.39. The summed E-state index contributed by atoms with van der Waals surface area (Å²) in [5, 5.41) is 1.25. The second kappa shape index (κ2) is 3.92. The maximum Gasteiger partial charge on any atom is 0.209 e. The standard InChI is InChI=1S/C10H13ClSi/c1-3-12(11,4-2)10-8-6-5-7-9-10/h3,5-9H,1,4H2,2H3. The van der Waals surface area contributed by atoms with Gasteiger partial charge in [-0.3, -0.25) is 0 Å². The Morgan fingerprint density at radius 2 is 2.00 bits per heavy atom. The summed E-state index contributed by atoms with van der Waals surface area (Å²) < 4.78 is 0. The summed E-state index contributed by atoms with van der Waals surface area (Å²) in [6.07, 6.45) is 0. The van der Waals surface area contributed by atoms with E-state index < -0.39 is 7.38 Å². The summed E-state index contributed by atoms with van der Waals surface area (Å²) in [6, 6.07) is 11.2. The van der Waals surface area contributed by atoms with E-state index in [0.29, 0.717) is 0 Å². The van der Waals surface area contributed by atoms with E-state index in [1.807, 2.05) is 23.9 Å². The van der Waals surface area contributed by atoms with Gasteiger partial charge in [-0.2, -0.15) is 11.1 Å². The summed E-state index contributed by atoms with van der Waals surface area (Å²) in [4.78, 5) is 0. The Morgan fingerprint density at radius 1 is 1.42 bits per heavy atom. The zero-order valence-corrected chi connectivity index (χ0v) is 9.01. The monoisotopic (exact) mass is 196 g/mol. The fraction of sp³-hybridized carbons (Fsp3) is 0.200. The van der Waals surface area contributed by atoms with Gasteiger partial charge in [-0.25, -0.2) is 0 Å². The topological polar surface area (TPSA) is 0 Å². The number of benzene rings is 1. The van der Waals surface area contributed by atoms with Crippen LogP contribution in [0.2, 0.25) is 6.04 Å². The molecule has 0 bridgehead atoms. The Morgan fingerprint density at radius 3 is 2.42 bits per heavy atom. The van der Waals surface area contributed by atoms with Gasteiger partial charge in [0.15, 0.2) is 0 Å². The minimum atomic E-state index is -1.84. The fourth-order valence-electron chi connectivity index (χ4n) is 1.18. The van der Waals surface area contributed by atoms with Crippen molar-refractivity contribution in [1.82, 2.24) is 0 Å². The SMILES string of the molecule is C=C[Si](Cl)(CC)c1ccccc1. The van der Waals surface area contributed by atoms with E-state index in [-0.39, 0.29) is 0 Å². The molecule has 0 heterocycles. The maximum absolute atomic E-state index is 6.45. The zero-order chi connectivity index (χ0) is 9.03. The molecule has 0 aliphatic heterocycles. The first-order chi connectivity index (χ1) is 5.73. The molecule has 0 radical (unpaired) electrons. The van der Waals surface area contributed by atoms with E-state index in [0.717, 1.165) is 6.04 Å². The molecule has 0 aliphatic rings. The van der Waals surface area contributed by atoms with Crippen LogP contribution in [0.4, 0.5) is 0 Å². The summed E-state index contributed by atoms with van der Waals surface area (Å²) in [6.45, 7) is 5.93. The Balaban J connectivity index is 3.03. The Bertz CT molecular complexity index is 258. The first-order valence-electron chi connectivity index (χ1n) is 4.11. The predicted molar refractivity (Wildman–Crippen MR) is 58.4 cm³/mol. The van der Waals surface area contributed by atoms with Crippen LogP contribution < -0.4 is 5.19 Å². The van der Waals surface area contributed by atoms with Gasteiger partial charge in [0.2, 0.25) is 7.38 Å². The van der Waals surface area contributed by atoms with E-state index in [1.54, 1.807) is 0 Å². The lowest BCUT2D eigenvalue weighted by atomic mass is 10.4. The van der Waals surface area contributed by atoms with Gasteiger partial charge in [0.25, 0.3) is 0 Å². The van der Waals surface area contributed by atoms with Crippen molar-refractivity contribution in [2.75, 3.05) is 0 Å². The molecule has 2 heteroatoms. The van der Waals surface area contributed by atoms with E-state index in [4.69, 9.17) is 11.1 Å². The summed E-state index contributed by atoms with van der Waals surface area (Å²) in [5.74, 6) is 0. The molecule has 0 amide bonds.